The van der Waals surface area contributed by atoms with Gasteiger partial charge in [0.2, 0.25) is 0 Å². The average molecular weight is 193 g/mol. The smallest absolute Gasteiger partial charge is 0.127 e. The highest BCUT2D eigenvalue weighted by Crippen LogP contribution is 2.06. The molecule has 1 heterocycles. The zero-order valence-electron chi connectivity index (χ0n) is 7.51. The minimum absolute atomic E-state index is 0.186. The van der Waals surface area contributed by atoms with Crippen molar-refractivity contribution in [1.29, 1.82) is 5.26 Å². The Morgan fingerprint density at radius 1 is 1.50 bits per heavy atom. The van der Waals surface area contributed by atoms with Gasteiger partial charge < -0.3 is 15.5 Å². The molecule has 1 rings (SSSR count). The van der Waals surface area contributed by atoms with Gasteiger partial charge in [-0.05, 0) is 12.1 Å². The van der Waals surface area contributed by atoms with Gasteiger partial charge in [-0.1, -0.05) is 0 Å². The van der Waals surface area contributed by atoms with Gasteiger partial charge in [-0.3, -0.25) is 0 Å². The fraction of sp³-hybridized carbons (Fsp3) is 0.333. The first kappa shape index (κ1) is 10.4. The summed E-state index contributed by atoms with van der Waals surface area (Å²) in [5, 5.41) is 29.0. The van der Waals surface area contributed by atoms with Crippen LogP contribution in [0.3, 0.4) is 0 Å². The standard InChI is InChI=1S/C9H11N3O2/c10-4-7-1-2-11-9(3-7)12-8(5-13)6-14/h1-3,8,13-14H,5-6H2,(H,11,12). The number of pyridine rings is 1. The number of hydrogen-bond donors (Lipinski definition) is 3. The lowest BCUT2D eigenvalue weighted by molar-refractivity contribution is 0.203. The summed E-state index contributed by atoms with van der Waals surface area (Å²) in [6, 6.07) is 4.66. The zero-order chi connectivity index (χ0) is 10.4. The quantitative estimate of drug-likeness (QED) is 0.612. The molecule has 0 spiro atoms. The predicted octanol–water partition coefficient (Wildman–Crippen LogP) is -0.282. The number of rotatable bonds is 4. The molecule has 0 atom stereocenters. The highest BCUT2D eigenvalue weighted by atomic mass is 16.3. The molecule has 0 bridgehead atoms. The number of aliphatic hydroxyl groups is 2. The van der Waals surface area contributed by atoms with Crippen LogP contribution in [0.1, 0.15) is 5.56 Å². The normalized spacial score (nSPS) is 9.86. The molecule has 1 aromatic heterocycles. The molecule has 0 fully saturated rings. The third-order valence-corrected chi connectivity index (χ3v) is 1.68. The Hall–Kier alpha value is -1.64. The third kappa shape index (κ3) is 2.69. The first-order valence-electron chi connectivity index (χ1n) is 4.14. The number of nitrogens with zero attached hydrogens (tertiary/aromatic N) is 2. The molecular formula is C9H11N3O2. The zero-order valence-corrected chi connectivity index (χ0v) is 7.51. The Kier molecular flexibility index (Phi) is 3.85. The maximum absolute atomic E-state index is 8.80. The van der Waals surface area contributed by atoms with Crippen molar-refractivity contribution in [2.24, 2.45) is 0 Å². The van der Waals surface area contributed by atoms with Gasteiger partial charge in [0.1, 0.15) is 5.82 Å². The van der Waals surface area contributed by atoms with Crippen molar-refractivity contribution in [1.82, 2.24) is 4.98 Å². The van der Waals surface area contributed by atoms with Crippen LogP contribution in [0.5, 0.6) is 0 Å². The molecule has 0 aliphatic carbocycles. The topological polar surface area (TPSA) is 89.2 Å². The fourth-order valence-corrected chi connectivity index (χ4v) is 0.937. The number of nitriles is 1. The van der Waals surface area contributed by atoms with Gasteiger partial charge in [-0.15, -0.1) is 0 Å². The lowest BCUT2D eigenvalue weighted by Gasteiger charge is -2.13. The Morgan fingerprint density at radius 3 is 2.79 bits per heavy atom. The van der Waals surface area contributed by atoms with Crippen LogP contribution in [-0.4, -0.2) is 34.5 Å². The van der Waals surface area contributed by atoms with Crippen LogP contribution in [0.4, 0.5) is 5.82 Å². The minimum Gasteiger partial charge on any atom is -0.394 e. The molecule has 1 aromatic rings. The van der Waals surface area contributed by atoms with E-state index in [1.807, 2.05) is 6.07 Å². The van der Waals surface area contributed by atoms with Gasteiger partial charge in [-0.25, -0.2) is 4.98 Å². The van der Waals surface area contributed by atoms with Crippen molar-refractivity contribution in [2.45, 2.75) is 6.04 Å². The second-order valence-corrected chi connectivity index (χ2v) is 2.75. The molecule has 0 aliphatic heterocycles. The number of anilines is 1. The first-order chi connectivity index (χ1) is 6.80. The van der Waals surface area contributed by atoms with Crippen LogP contribution in [0.2, 0.25) is 0 Å². The molecule has 74 valence electrons. The van der Waals surface area contributed by atoms with Gasteiger partial charge >= 0.3 is 0 Å². The Bertz CT molecular complexity index is 331. The van der Waals surface area contributed by atoms with E-state index in [1.165, 1.54) is 6.20 Å². The summed E-state index contributed by atoms with van der Waals surface area (Å²) >= 11 is 0. The second kappa shape index (κ2) is 5.17. The van der Waals surface area contributed by atoms with Gasteiger partial charge in [0.15, 0.2) is 0 Å². The van der Waals surface area contributed by atoms with Crippen LogP contribution in [-0.2, 0) is 0 Å². The summed E-state index contributed by atoms with van der Waals surface area (Å²) in [5.41, 5.74) is 0.483. The summed E-state index contributed by atoms with van der Waals surface area (Å²) < 4.78 is 0. The van der Waals surface area contributed by atoms with E-state index < -0.39 is 6.04 Å². The average Bonchev–Trinajstić information content (AvgIpc) is 2.26. The predicted molar refractivity (Wildman–Crippen MR) is 50.5 cm³/mol. The molecule has 0 saturated heterocycles. The van der Waals surface area contributed by atoms with E-state index in [9.17, 15) is 0 Å². The third-order valence-electron chi connectivity index (χ3n) is 1.68. The molecule has 0 aliphatic rings. The summed E-state index contributed by atoms with van der Waals surface area (Å²) in [5.74, 6) is 0.470. The summed E-state index contributed by atoms with van der Waals surface area (Å²) in [6.07, 6.45) is 1.49. The maximum atomic E-state index is 8.80. The SMILES string of the molecule is N#Cc1ccnc(NC(CO)CO)c1. The Balaban J connectivity index is 2.72. The van der Waals surface area contributed by atoms with E-state index >= 15 is 0 Å². The van der Waals surface area contributed by atoms with E-state index in [2.05, 4.69) is 10.3 Å². The van der Waals surface area contributed by atoms with E-state index in [0.29, 0.717) is 11.4 Å². The van der Waals surface area contributed by atoms with Crippen LogP contribution < -0.4 is 5.32 Å². The second-order valence-electron chi connectivity index (χ2n) is 2.75. The summed E-state index contributed by atoms with van der Waals surface area (Å²) in [7, 11) is 0. The van der Waals surface area contributed by atoms with Crippen molar-refractivity contribution in [3.63, 3.8) is 0 Å². The van der Waals surface area contributed by atoms with Crippen molar-refractivity contribution >= 4 is 5.82 Å². The maximum Gasteiger partial charge on any atom is 0.127 e. The highest BCUT2D eigenvalue weighted by Gasteiger charge is 2.05. The summed E-state index contributed by atoms with van der Waals surface area (Å²) in [4.78, 5) is 3.94. The van der Waals surface area contributed by atoms with Gasteiger partial charge in [0, 0.05) is 6.20 Å². The van der Waals surface area contributed by atoms with E-state index in [-0.39, 0.29) is 13.2 Å². The lowest BCUT2D eigenvalue weighted by atomic mass is 10.2. The number of aromatic nitrogens is 1. The highest BCUT2D eigenvalue weighted by molar-refractivity contribution is 5.42. The molecule has 0 radical (unpaired) electrons. The minimum atomic E-state index is -0.448. The van der Waals surface area contributed by atoms with Crippen molar-refractivity contribution in [2.75, 3.05) is 18.5 Å². The van der Waals surface area contributed by atoms with Crippen LogP contribution >= 0.6 is 0 Å². The van der Waals surface area contributed by atoms with Crippen molar-refractivity contribution < 1.29 is 10.2 Å². The first-order valence-corrected chi connectivity index (χ1v) is 4.14. The summed E-state index contributed by atoms with van der Waals surface area (Å²) in [6.45, 7) is -0.371. The molecular weight excluding hydrogens is 182 g/mol. The van der Waals surface area contributed by atoms with E-state index in [0.717, 1.165) is 0 Å². The van der Waals surface area contributed by atoms with Gasteiger partial charge in [0.05, 0.1) is 30.9 Å². The van der Waals surface area contributed by atoms with E-state index in [4.69, 9.17) is 15.5 Å². The molecule has 5 nitrogen and oxygen atoms in total. The lowest BCUT2D eigenvalue weighted by Crippen LogP contribution is -2.28. The van der Waals surface area contributed by atoms with Crippen LogP contribution in [0.25, 0.3) is 0 Å². The van der Waals surface area contributed by atoms with Crippen molar-refractivity contribution in [3.05, 3.63) is 23.9 Å². The van der Waals surface area contributed by atoms with Crippen LogP contribution in [0, 0.1) is 11.3 Å². The van der Waals surface area contributed by atoms with E-state index in [1.54, 1.807) is 12.1 Å². The number of aliphatic hydroxyl groups excluding tert-OH is 2. The molecule has 5 heteroatoms. The van der Waals surface area contributed by atoms with Gasteiger partial charge in [-0.2, -0.15) is 5.26 Å². The number of nitrogens with one attached hydrogen (secondary N) is 1. The molecule has 14 heavy (non-hydrogen) atoms. The monoisotopic (exact) mass is 193 g/mol. The molecule has 0 unspecified atom stereocenters. The Labute approximate surface area is 81.6 Å². The largest absolute Gasteiger partial charge is 0.394 e. The van der Waals surface area contributed by atoms with Crippen LogP contribution in [0.15, 0.2) is 18.3 Å². The number of hydrogen-bond acceptors (Lipinski definition) is 5. The molecule has 0 aromatic carbocycles. The molecule has 0 amide bonds. The Morgan fingerprint density at radius 2 is 2.21 bits per heavy atom. The fourth-order valence-electron chi connectivity index (χ4n) is 0.937. The molecule has 0 saturated carbocycles. The van der Waals surface area contributed by atoms with Crippen molar-refractivity contribution in [3.8, 4) is 6.07 Å². The molecule has 3 N–H and O–H groups in total. The van der Waals surface area contributed by atoms with Gasteiger partial charge in [0.25, 0.3) is 0 Å².